The Kier molecular flexibility index (Phi) is 11.6. The van der Waals surface area contributed by atoms with E-state index in [4.69, 9.17) is 19.4 Å². The maximum atomic E-state index is 12.5. The van der Waals surface area contributed by atoms with E-state index in [2.05, 4.69) is 13.1 Å². The van der Waals surface area contributed by atoms with Gasteiger partial charge in [0.05, 0.1) is 12.0 Å². The number of nitrogens with zero attached hydrogens (tertiary/aromatic N) is 1. The summed E-state index contributed by atoms with van der Waals surface area (Å²) in [4.78, 5) is 48.1. The fourth-order valence-electron chi connectivity index (χ4n) is 2.75. The predicted molar refractivity (Wildman–Crippen MR) is 117 cm³/mol. The van der Waals surface area contributed by atoms with Gasteiger partial charge < -0.3 is 53.0 Å². The Morgan fingerprint density at radius 3 is 2.18 bits per heavy atom. The molecule has 0 amide bonds. The van der Waals surface area contributed by atoms with Crippen LogP contribution in [0.3, 0.4) is 0 Å². The molecule has 0 spiro atoms. The second kappa shape index (κ2) is 11.9. The van der Waals surface area contributed by atoms with E-state index in [0.717, 1.165) is 4.57 Å². The highest BCUT2D eigenvalue weighted by Crippen LogP contribution is 2.66. The molecule has 18 nitrogen and oxygen atoms in total. The molecular formula is C12H25N4O14P3S. The first-order valence-corrected chi connectivity index (χ1v) is 13.5. The number of thiophene rings is 1. The highest BCUT2D eigenvalue weighted by molar-refractivity contribution is 7.66. The third kappa shape index (κ3) is 7.79. The van der Waals surface area contributed by atoms with Gasteiger partial charge in [-0.25, -0.2) is 13.7 Å². The Balaban J connectivity index is 0.00000363. The Morgan fingerprint density at radius 2 is 1.59 bits per heavy atom. The molecule has 2 unspecified atom stereocenters. The standard InChI is InChI=1S/C12H16NO14P3S.3H3N/c14-9-7(5-24-29(20,21)27-30(22,23)26-28(17,18)19)25-12(10(9)15)13-3-1-8-6(11(13)16)2-4-31-8;;;/h1-4,7,9-10,12,14-15H,5H2,(H,20,21)(H,22,23)(H2,17,18,19);3*1H3/t7-,9+,10+,12-;;;/m0.../s1. The maximum Gasteiger partial charge on any atom is 0.490 e. The average Bonchev–Trinajstić information content (AvgIpc) is 3.17. The van der Waals surface area contributed by atoms with Crippen molar-refractivity contribution in [3.63, 3.8) is 0 Å². The quantitative estimate of drug-likeness (QED) is 0.194. The smallest absolute Gasteiger partial charge is 0.387 e. The van der Waals surface area contributed by atoms with Crippen LogP contribution in [-0.2, 0) is 31.6 Å². The summed E-state index contributed by atoms with van der Waals surface area (Å²) in [6, 6.07) is 3.15. The molecular weight excluding hydrogens is 549 g/mol. The predicted octanol–water partition coefficient (Wildman–Crippen LogP) is 0.511. The minimum absolute atomic E-state index is 0. The third-order valence-electron chi connectivity index (χ3n) is 3.98. The van der Waals surface area contributed by atoms with E-state index < -0.39 is 60.2 Å². The van der Waals surface area contributed by atoms with Crippen LogP contribution in [0.15, 0.2) is 28.5 Å². The average molecular weight is 574 g/mol. The van der Waals surface area contributed by atoms with E-state index in [0.29, 0.717) is 10.1 Å². The van der Waals surface area contributed by atoms with Gasteiger partial charge in [-0.3, -0.25) is 13.9 Å². The number of hydrogen-bond donors (Lipinski definition) is 9. The number of aliphatic hydroxyl groups excluding tert-OH is 2. The SMILES string of the molecule is N.N.N.O=c1c2ccsc2ccn1[C@H]1O[C@@H](COP(=O)(O)OP(=O)(O)OP(=O)(O)O)[C@@H](O)[C@H]1O. The van der Waals surface area contributed by atoms with Crippen molar-refractivity contribution in [2.24, 2.45) is 0 Å². The second-order valence-corrected chi connectivity index (χ2v) is 11.5. The fraction of sp³-hybridized carbons (Fsp3) is 0.417. The zero-order valence-electron chi connectivity index (χ0n) is 17.1. The van der Waals surface area contributed by atoms with Gasteiger partial charge in [0, 0.05) is 10.9 Å². The number of phosphoric acid groups is 3. The van der Waals surface area contributed by atoms with Crippen LogP contribution >= 0.6 is 34.8 Å². The minimum Gasteiger partial charge on any atom is -0.387 e. The van der Waals surface area contributed by atoms with Crippen LogP contribution in [0.4, 0.5) is 0 Å². The van der Waals surface area contributed by atoms with Crippen molar-refractivity contribution in [1.29, 1.82) is 0 Å². The molecule has 2 aromatic rings. The highest BCUT2D eigenvalue weighted by Gasteiger charge is 2.46. The number of aliphatic hydroxyl groups is 2. The van der Waals surface area contributed by atoms with E-state index in [-0.39, 0.29) is 18.5 Å². The molecule has 1 aliphatic heterocycles. The van der Waals surface area contributed by atoms with E-state index >= 15 is 0 Å². The molecule has 3 heterocycles. The van der Waals surface area contributed by atoms with Gasteiger partial charge in [0.1, 0.15) is 18.3 Å². The van der Waals surface area contributed by atoms with Crippen LogP contribution < -0.4 is 24.0 Å². The Morgan fingerprint density at radius 1 is 0.971 bits per heavy atom. The van der Waals surface area contributed by atoms with Crippen molar-refractivity contribution in [3.8, 4) is 0 Å². The summed E-state index contributed by atoms with van der Waals surface area (Å²) in [5.74, 6) is 0. The summed E-state index contributed by atoms with van der Waals surface area (Å²) in [5.41, 5.74) is -0.525. The maximum absolute atomic E-state index is 12.5. The molecule has 6 atom stereocenters. The molecule has 1 fully saturated rings. The lowest BCUT2D eigenvalue weighted by atomic mass is 10.1. The van der Waals surface area contributed by atoms with Crippen molar-refractivity contribution < 1.29 is 61.4 Å². The zero-order chi connectivity index (χ0) is 23.2. The lowest BCUT2D eigenvalue weighted by Crippen LogP contribution is -2.35. The summed E-state index contributed by atoms with van der Waals surface area (Å²) in [7, 11) is -16.7. The molecule has 2 aromatic heterocycles. The zero-order valence-corrected chi connectivity index (χ0v) is 20.6. The van der Waals surface area contributed by atoms with Gasteiger partial charge in [-0.2, -0.15) is 8.62 Å². The molecule has 0 aliphatic carbocycles. The van der Waals surface area contributed by atoms with Crippen LogP contribution in [0.25, 0.3) is 10.1 Å². The molecule has 0 saturated carbocycles. The van der Waals surface area contributed by atoms with Crippen LogP contribution in [0.5, 0.6) is 0 Å². The van der Waals surface area contributed by atoms with Crippen molar-refractivity contribution in [1.82, 2.24) is 23.0 Å². The molecule has 0 aromatic carbocycles. The Labute approximate surface area is 194 Å². The van der Waals surface area contributed by atoms with Gasteiger partial charge in [-0.15, -0.1) is 11.3 Å². The normalized spacial score (nSPS) is 25.9. The highest BCUT2D eigenvalue weighted by atomic mass is 32.1. The fourth-order valence-corrected chi connectivity index (χ4v) is 6.55. The van der Waals surface area contributed by atoms with Crippen LogP contribution in [0.2, 0.25) is 0 Å². The van der Waals surface area contributed by atoms with Crippen LogP contribution in [0, 0.1) is 0 Å². The molecule has 3 rings (SSSR count). The first-order chi connectivity index (χ1) is 14.2. The van der Waals surface area contributed by atoms with Gasteiger partial charge in [-0.05, 0) is 17.5 Å². The first-order valence-electron chi connectivity index (χ1n) is 8.07. The number of phosphoric ester groups is 1. The summed E-state index contributed by atoms with van der Waals surface area (Å²) in [5, 5.41) is 22.4. The van der Waals surface area contributed by atoms with Gasteiger partial charge in [0.25, 0.3) is 5.56 Å². The van der Waals surface area contributed by atoms with Gasteiger partial charge in [-0.1, -0.05) is 0 Å². The summed E-state index contributed by atoms with van der Waals surface area (Å²) in [6.07, 6.45) is -4.91. The number of hydrogen-bond acceptors (Lipinski definition) is 14. The van der Waals surface area contributed by atoms with Crippen molar-refractivity contribution in [2.45, 2.75) is 24.5 Å². The molecule has 0 radical (unpaired) electrons. The number of pyridine rings is 1. The van der Waals surface area contributed by atoms with Crippen LogP contribution in [0.1, 0.15) is 6.23 Å². The molecule has 34 heavy (non-hydrogen) atoms. The number of aromatic nitrogens is 1. The number of rotatable bonds is 8. The molecule has 22 heteroatoms. The van der Waals surface area contributed by atoms with E-state index in [1.54, 1.807) is 17.5 Å². The summed E-state index contributed by atoms with van der Waals surface area (Å²) in [6.45, 7) is -0.978. The van der Waals surface area contributed by atoms with Crippen molar-refractivity contribution >= 4 is 44.9 Å². The van der Waals surface area contributed by atoms with Gasteiger partial charge in [0.15, 0.2) is 6.23 Å². The second-order valence-electron chi connectivity index (χ2n) is 6.16. The molecule has 1 saturated heterocycles. The third-order valence-corrected chi connectivity index (χ3v) is 8.66. The number of ether oxygens (including phenoxy) is 1. The number of fused-ring (bicyclic) bond motifs is 1. The lowest BCUT2D eigenvalue weighted by Gasteiger charge is -2.19. The first kappa shape index (κ1) is 33.1. The molecule has 15 N–H and O–H groups in total. The Bertz CT molecular complexity index is 1170. The Hall–Kier alpha value is -0.920. The summed E-state index contributed by atoms with van der Waals surface area (Å²) < 4.78 is 52.3. The lowest BCUT2D eigenvalue weighted by molar-refractivity contribution is -0.0533. The van der Waals surface area contributed by atoms with Gasteiger partial charge >= 0.3 is 23.5 Å². The van der Waals surface area contributed by atoms with Crippen molar-refractivity contribution in [3.05, 3.63) is 34.1 Å². The van der Waals surface area contributed by atoms with Gasteiger partial charge in [0.2, 0.25) is 0 Å². The van der Waals surface area contributed by atoms with E-state index in [9.17, 15) is 33.6 Å². The summed E-state index contributed by atoms with van der Waals surface area (Å²) >= 11 is 1.31. The topological polar surface area (TPSA) is 337 Å². The molecule has 1 aliphatic rings. The van der Waals surface area contributed by atoms with Crippen molar-refractivity contribution in [2.75, 3.05) is 6.61 Å². The van der Waals surface area contributed by atoms with Crippen LogP contribution in [-0.4, -0.2) is 59.3 Å². The largest absolute Gasteiger partial charge is 0.490 e. The minimum atomic E-state index is -5.71. The van der Waals surface area contributed by atoms with E-state index in [1.807, 2.05) is 0 Å². The molecule has 198 valence electrons. The molecule has 0 bridgehead atoms. The van der Waals surface area contributed by atoms with E-state index in [1.165, 1.54) is 17.5 Å². The monoisotopic (exact) mass is 574 g/mol.